The Labute approximate surface area is 334 Å². The van der Waals surface area contributed by atoms with Crippen molar-refractivity contribution in [1.29, 1.82) is 0 Å². The molecule has 0 fully saturated rings. The zero-order valence-electron chi connectivity index (χ0n) is 33.7. The van der Waals surface area contributed by atoms with Gasteiger partial charge in [0.05, 0.1) is 52.4 Å². The molecule has 8 nitrogen and oxygen atoms in total. The summed E-state index contributed by atoms with van der Waals surface area (Å²) in [5, 5.41) is 0. The predicted molar refractivity (Wildman–Crippen MR) is 186 cm³/mol. The molecule has 0 radical (unpaired) electrons. The van der Waals surface area contributed by atoms with E-state index < -0.39 is 34.5 Å². The molecule has 60 heavy (non-hydrogen) atoms. The normalized spacial score (nSPS) is 16.0. The van der Waals surface area contributed by atoms with Crippen LogP contribution in [-0.2, 0) is 0 Å². The summed E-state index contributed by atoms with van der Waals surface area (Å²) in [6.45, 7) is 8.76. The van der Waals surface area contributed by atoms with E-state index in [0.717, 1.165) is 52.4 Å². The zero-order chi connectivity index (χ0) is 50.6. The van der Waals surface area contributed by atoms with Crippen LogP contribution in [0.3, 0.4) is 0 Å². The van der Waals surface area contributed by atoms with Crippen molar-refractivity contribution in [1.82, 2.24) is 0 Å². The molecule has 0 aliphatic carbocycles. The second kappa shape index (κ2) is 27.3. The van der Waals surface area contributed by atoms with Crippen LogP contribution in [0.25, 0.3) is 0 Å². The first-order valence-corrected chi connectivity index (χ1v) is 27.6. The van der Waals surface area contributed by atoms with E-state index in [9.17, 15) is 98.6 Å². The van der Waals surface area contributed by atoms with Crippen LogP contribution in [0.1, 0.15) is 103 Å². The molecule has 0 aromatic heterocycles. The van der Waals surface area contributed by atoms with Gasteiger partial charge < -0.3 is 45.9 Å². The van der Waals surface area contributed by atoms with Crippen molar-refractivity contribution in [2.75, 3.05) is 52.4 Å². The Morgan fingerprint density at radius 1 is 0.150 bits per heavy atom. The second-order valence-electron chi connectivity index (χ2n) is 12.8. The van der Waals surface area contributed by atoms with Gasteiger partial charge in [0.25, 0.3) is 0 Å². The average Bonchev–Trinajstić information content (AvgIpc) is 2.93. The van der Waals surface area contributed by atoms with Crippen LogP contribution in [0, 0.1) is 0 Å². The standard InChI is InChI=1S/4C6H16N2.4F6Si/c4*7-5-3-1-2-4-6-8;4*1-7(2,3,4,5)6/h4*1-8H2;;;;/q;;;;4*-2/p+8. The summed E-state index contributed by atoms with van der Waals surface area (Å²) in [5.74, 6) is 0. The fraction of sp³-hybridized carbons (Fsp3) is 1.00. The van der Waals surface area contributed by atoms with Crippen LogP contribution in [0.4, 0.5) is 98.6 Å². The van der Waals surface area contributed by atoms with Crippen LogP contribution in [0.2, 0.25) is 0 Å². The maximum atomic E-state index is 9.88. The van der Waals surface area contributed by atoms with Gasteiger partial charge in [-0.15, -0.1) is 0 Å². The number of hydrogen-bond acceptors (Lipinski definition) is 0. The van der Waals surface area contributed by atoms with E-state index in [1.165, 1.54) is 103 Å². The van der Waals surface area contributed by atoms with E-state index >= 15 is 0 Å². The Morgan fingerprint density at radius 3 is 0.233 bits per heavy atom. The van der Waals surface area contributed by atoms with E-state index in [4.69, 9.17) is 0 Å². The molecule has 0 atom stereocenters. The van der Waals surface area contributed by atoms with E-state index in [0.29, 0.717) is 0 Å². The molecule has 392 valence electrons. The van der Waals surface area contributed by atoms with Crippen LogP contribution in [-0.4, -0.2) is 86.9 Å². The molecule has 0 aromatic carbocycles. The van der Waals surface area contributed by atoms with Gasteiger partial charge in [-0.1, -0.05) is 0 Å². The van der Waals surface area contributed by atoms with Crippen molar-refractivity contribution in [3.63, 3.8) is 0 Å². The van der Waals surface area contributed by atoms with Crippen molar-refractivity contribution < 1.29 is 144 Å². The van der Waals surface area contributed by atoms with Gasteiger partial charge in [0, 0.05) is 0 Å². The first kappa shape index (κ1) is 76.2. The maximum absolute atomic E-state index is 10.8. The van der Waals surface area contributed by atoms with Crippen LogP contribution < -0.4 is 45.9 Å². The summed E-state index contributed by atoms with van der Waals surface area (Å²) in [4.78, 5) is 0. The molecule has 0 aromatic rings. The topological polar surface area (TPSA) is 221 Å². The molecule has 0 aliphatic heterocycles. The molecule has 0 heterocycles. The fourth-order valence-corrected chi connectivity index (χ4v) is 2.83. The molecule has 0 saturated heterocycles. The Balaban J connectivity index is -0.0000000859. The van der Waals surface area contributed by atoms with Gasteiger partial charge in [-0.3, -0.25) is 0 Å². The van der Waals surface area contributed by atoms with Crippen LogP contribution >= 0.6 is 0 Å². The summed E-state index contributed by atoms with van der Waals surface area (Å²) in [7, 11) is -43.4. The Hall–Kier alpha value is -1.13. The molecule has 0 amide bonds. The molecular formula is C24H72F24N8Si4. The summed E-state index contributed by atoms with van der Waals surface area (Å²) in [5.41, 5.74) is 30.1. The average molecular weight is 1040 g/mol. The SMILES string of the molecule is F[Si-2](F)(F)(F)(F)F.F[Si-2](F)(F)(F)(F)F.F[Si-2](F)(F)(F)(F)F.F[Si-2](F)(F)(F)(F)F.[NH3+]CCCCCC[NH3+].[NH3+]CCCCCC[NH3+].[NH3+]CCCCCC[NH3+].[NH3+]CCCCCC[NH3+]. The predicted octanol–water partition coefficient (Wildman–Crippen LogP) is 4.68. The minimum absolute atomic E-state index is 1.09. The van der Waals surface area contributed by atoms with Crippen molar-refractivity contribution in [2.24, 2.45) is 0 Å². The van der Waals surface area contributed by atoms with Gasteiger partial charge in [0.15, 0.2) is 0 Å². The summed E-state index contributed by atoms with van der Waals surface area (Å²) < 4.78 is 237. The smallest absolute Gasteiger partial charge is 0.0739 e. The van der Waals surface area contributed by atoms with Crippen molar-refractivity contribution in [3.05, 3.63) is 0 Å². The summed E-state index contributed by atoms with van der Waals surface area (Å²) >= 11 is 0. The minimum Gasteiger partial charge on any atom is -0.358 e. The minimum atomic E-state index is -10.8. The van der Waals surface area contributed by atoms with E-state index in [2.05, 4.69) is 45.9 Å². The number of hydrogen-bond donors (Lipinski definition) is 8. The number of halogens is 24. The zero-order valence-corrected chi connectivity index (χ0v) is 37.7. The number of quaternary nitrogens is 8. The first-order valence-electron chi connectivity index (χ1n) is 18.5. The Kier molecular flexibility index (Phi) is 34.6. The molecule has 0 bridgehead atoms. The van der Waals surface area contributed by atoms with Gasteiger partial charge in [-0.25, -0.2) is 0 Å². The molecular weight excluding hydrogens is 969 g/mol. The van der Waals surface area contributed by atoms with Gasteiger partial charge in [-0.2, -0.15) is 0 Å². The largest absolute Gasteiger partial charge is 0.358 e. The van der Waals surface area contributed by atoms with Crippen molar-refractivity contribution >= 4 is 34.5 Å². The second-order valence-corrected chi connectivity index (χ2v) is 21.3. The first-order chi connectivity index (χ1) is 25.5. The Bertz CT molecular complexity index is 750. The van der Waals surface area contributed by atoms with Crippen molar-refractivity contribution in [3.8, 4) is 0 Å². The van der Waals surface area contributed by atoms with E-state index in [1.54, 1.807) is 0 Å². The molecule has 0 unspecified atom stereocenters. The van der Waals surface area contributed by atoms with E-state index in [1.807, 2.05) is 0 Å². The number of unbranched alkanes of at least 4 members (excludes halogenated alkanes) is 12. The van der Waals surface area contributed by atoms with Gasteiger partial charge in [0.2, 0.25) is 0 Å². The van der Waals surface area contributed by atoms with Gasteiger partial charge >= 0.3 is 133 Å². The summed E-state index contributed by atoms with van der Waals surface area (Å²) in [6, 6.07) is 0. The molecule has 24 N–H and O–H groups in total. The van der Waals surface area contributed by atoms with Gasteiger partial charge in [-0.05, 0) is 103 Å². The van der Waals surface area contributed by atoms with Crippen molar-refractivity contribution in [2.45, 2.75) is 103 Å². The van der Waals surface area contributed by atoms with Crippen LogP contribution in [0.5, 0.6) is 0 Å². The third-order valence-corrected chi connectivity index (χ3v) is 5.00. The monoisotopic (exact) mass is 1040 g/mol. The molecule has 0 saturated carbocycles. The molecule has 0 rings (SSSR count). The number of rotatable bonds is 20. The fourth-order valence-electron chi connectivity index (χ4n) is 2.83. The summed E-state index contributed by atoms with van der Waals surface area (Å²) in [6.07, 6.45) is 21.1. The maximum Gasteiger partial charge on any atom is 0.0739 e. The molecule has 0 aliphatic rings. The molecule has 0 spiro atoms. The molecule has 36 heteroatoms. The van der Waals surface area contributed by atoms with Gasteiger partial charge in [0.1, 0.15) is 0 Å². The third kappa shape index (κ3) is 499. The quantitative estimate of drug-likeness (QED) is 0.0361. The Morgan fingerprint density at radius 2 is 0.200 bits per heavy atom. The van der Waals surface area contributed by atoms with Crippen LogP contribution in [0.15, 0.2) is 0 Å². The van der Waals surface area contributed by atoms with E-state index in [-0.39, 0.29) is 0 Å². The third-order valence-electron chi connectivity index (χ3n) is 5.00.